The van der Waals surface area contributed by atoms with Crippen LogP contribution in [0.3, 0.4) is 0 Å². The lowest BCUT2D eigenvalue weighted by atomic mass is 10.2. The van der Waals surface area contributed by atoms with Crippen LogP contribution >= 0.6 is 31.9 Å². The summed E-state index contributed by atoms with van der Waals surface area (Å²) in [5.74, 6) is -0.325. The molecule has 0 bridgehead atoms. The number of nitrogens with one attached hydrogen (secondary N) is 1. The quantitative estimate of drug-likeness (QED) is 0.523. The summed E-state index contributed by atoms with van der Waals surface area (Å²) in [6.07, 6.45) is -2.09. The largest absolute Gasteiger partial charge is 0.586 e. The molecule has 3 aromatic rings. The highest BCUT2D eigenvalue weighted by Gasteiger charge is 2.43. The Morgan fingerprint density at radius 1 is 1.14 bits per heavy atom. The average molecular weight is 516 g/mol. The van der Waals surface area contributed by atoms with E-state index >= 15 is 0 Å². The van der Waals surface area contributed by atoms with Gasteiger partial charge in [0.1, 0.15) is 5.52 Å². The normalized spacial score (nSPS) is 14.1. The molecule has 1 aliphatic rings. The molecular weight excluding hydrogens is 506 g/mol. The number of amides is 1. The number of carbonyl (C=O) groups excluding carboxylic acids is 1. The predicted molar refractivity (Wildman–Crippen MR) is 104 cm³/mol. The van der Waals surface area contributed by atoms with Crippen molar-refractivity contribution < 1.29 is 27.8 Å². The molecule has 0 radical (unpaired) electrons. The fourth-order valence-electron chi connectivity index (χ4n) is 2.65. The summed E-state index contributed by atoms with van der Waals surface area (Å²) in [5, 5.41) is 3.39. The molecule has 0 spiro atoms. The molecule has 28 heavy (non-hydrogen) atoms. The molecule has 6 nitrogen and oxygen atoms in total. The van der Waals surface area contributed by atoms with Gasteiger partial charge < -0.3 is 19.5 Å². The van der Waals surface area contributed by atoms with E-state index in [1.165, 1.54) is 18.2 Å². The molecule has 0 unspecified atom stereocenters. The number of aromatic nitrogens is 1. The Balaban J connectivity index is 1.47. The third kappa shape index (κ3) is 3.74. The first-order valence-electron chi connectivity index (χ1n) is 7.88. The van der Waals surface area contributed by atoms with E-state index in [1.807, 2.05) is 6.07 Å². The Kier molecular flexibility index (Phi) is 4.84. The van der Waals surface area contributed by atoms with Crippen LogP contribution in [-0.2, 0) is 4.79 Å². The molecule has 0 fully saturated rings. The van der Waals surface area contributed by atoms with Crippen molar-refractivity contribution in [1.82, 2.24) is 4.98 Å². The molecule has 2 aromatic carbocycles. The van der Waals surface area contributed by atoms with Gasteiger partial charge in [-0.1, -0.05) is 22.0 Å². The van der Waals surface area contributed by atoms with Crippen LogP contribution in [0.2, 0.25) is 0 Å². The first-order chi connectivity index (χ1) is 13.3. The lowest BCUT2D eigenvalue weighted by Gasteiger charge is -2.12. The summed E-state index contributed by atoms with van der Waals surface area (Å²) in [7, 11) is 0. The predicted octanol–water partition coefficient (Wildman–Crippen LogP) is 5.10. The molecule has 10 heteroatoms. The number of alkyl halides is 2. The summed E-state index contributed by atoms with van der Waals surface area (Å²) >= 11 is 6.86. The maximum absolute atomic E-state index is 13.1. The Labute approximate surface area is 174 Å². The summed E-state index contributed by atoms with van der Waals surface area (Å²) in [6.45, 7) is -0.309. The van der Waals surface area contributed by atoms with Crippen molar-refractivity contribution in [2.45, 2.75) is 6.29 Å². The monoisotopic (exact) mass is 514 g/mol. The third-order valence-corrected chi connectivity index (χ3v) is 5.03. The van der Waals surface area contributed by atoms with Gasteiger partial charge in [0.15, 0.2) is 23.9 Å². The van der Waals surface area contributed by atoms with E-state index in [9.17, 15) is 13.6 Å². The number of halogens is 4. The average Bonchev–Trinajstić information content (AvgIpc) is 2.94. The van der Waals surface area contributed by atoms with Gasteiger partial charge in [-0.3, -0.25) is 9.78 Å². The minimum Gasteiger partial charge on any atom is -0.480 e. The van der Waals surface area contributed by atoms with Gasteiger partial charge in [-0.2, -0.15) is 0 Å². The van der Waals surface area contributed by atoms with E-state index in [0.717, 1.165) is 9.86 Å². The number of fused-ring (bicyclic) bond motifs is 2. The molecular formula is C18H10Br2F2N2O4. The molecule has 2 heterocycles. The van der Waals surface area contributed by atoms with Crippen LogP contribution in [0.5, 0.6) is 17.2 Å². The smallest absolute Gasteiger partial charge is 0.480 e. The van der Waals surface area contributed by atoms with Gasteiger partial charge in [-0.15, -0.1) is 8.78 Å². The standard InChI is InChI=1S/C18H10Br2F2N2O4/c19-11-7-12(20)17(16-10(11)2-1-5-23-16)26-8-15(25)24-9-3-4-13-14(6-9)28-18(21,22)27-13/h1-7H,8H2,(H,24,25). The number of benzene rings is 2. The van der Waals surface area contributed by atoms with E-state index in [1.54, 1.807) is 18.3 Å². The summed E-state index contributed by atoms with van der Waals surface area (Å²) in [5.41, 5.74) is 0.855. The summed E-state index contributed by atoms with van der Waals surface area (Å²) in [6, 6.07) is 9.42. The van der Waals surface area contributed by atoms with Crippen LogP contribution in [0.4, 0.5) is 14.5 Å². The molecule has 0 saturated carbocycles. The number of nitrogens with zero attached hydrogens (tertiary/aromatic N) is 1. The minimum atomic E-state index is -3.71. The molecule has 1 N–H and O–H groups in total. The van der Waals surface area contributed by atoms with E-state index in [4.69, 9.17) is 4.74 Å². The molecule has 0 saturated heterocycles. The van der Waals surface area contributed by atoms with Crippen molar-refractivity contribution in [3.8, 4) is 17.2 Å². The van der Waals surface area contributed by atoms with Crippen LogP contribution in [0, 0.1) is 0 Å². The highest BCUT2D eigenvalue weighted by Crippen LogP contribution is 2.42. The number of ether oxygens (including phenoxy) is 3. The Morgan fingerprint density at radius 2 is 1.93 bits per heavy atom. The van der Waals surface area contributed by atoms with Crippen LogP contribution < -0.4 is 19.5 Å². The van der Waals surface area contributed by atoms with Crippen LogP contribution in [0.1, 0.15) is 0 Å². The van der Waals surface area contributed by atoms with Crippen molar-refractivity contribution in [2.24, 2.45) is 0 Å². The zero-order chi connectivity index (χ0) is 19.9. The van der Waals surface area contributed by atoms with Gasteiger partial charge in [0.05, 0.1) is 4.47 Å². The second-order valence-corrected chi connectivity index (χ2v) is 7.44. The van der Waals surface area contributed by atoms with Crippen molar-refractivity contribution in [1.29, 1.82) is 0 Å². The van der Waals surface area contributed by atoms with E-state index in [0.29, 0.717) is 15.7 Å². The lowest BCUT2D eigenvalue weighted by molar-refractivity contribution is -0.286. The second kappa shape index (κ2) is 7.17. The SMILES string of the molecule is O=C(COc1c(Br)cc(Br)c2cccnc12)Nc1ccc2c(c1)OC(F)(F)O2. The van der Waals surface area contributed by atoms with Crippen molar-refractivity contribution in [2.75, 3.05) is 11.9 Å². The van der Waals surface area contributed by atoms with Crippen molar-refractivity contribution in [3.05, 3.63) is 51.5 Å². The van der Waals surface area contributed by atoms with Gasteiger partial charge in [0.2, 0.25) is 0 Å². The highest BCUT2D eigenvalue weighted by molar-refractivity contribution is 9.11. The van der Waals surface area contributed by atoms with E-state index in [2.05, 4.69) is 51.6 Å². The molecule has 0 aliphatic carbocycles. The number of carbonyl (C=O) groups is 1. The molecule has 144 valence electrons. The zero-order valence-corrected chi connectivity index (χ0v) is 17.0. The number of anilines is 1. The number of hydrogen-bond donors (Lipinski definition) is 1. The van der Waals surface area contributed by atoms with Gasteiger partial charge in [0.25, 0.3) is 5.91 Å². The number of hydrogen-bond acceptors (Lipinski definition) is 5. The first-order valence-corrected chi connectivity index (χ1v) is 9.46. The third-order valence-electron chi connectivity index (χ3n) is 3.78. The van der Waals surface area contributed by atoms with Crippen LogP contribution in [-0.4, -0.2) is 23.8 Å². The Bertz CT molecular complexity index is 1090. The number of pyridine rings is 1. The molecule has 1 amide bonds. The summed E-state index contributed by atoms with van der Waals surface area (Å²) < 4.78 is 41.9. The topological polar surface area (TPSA) is 69.7 Å². The van der Waals surface area contributed by atoms with Crippen molar-refractivity contribution >= 4 is 54.4 Å². The zero-order valence-electron chi connectivity index (χ0n) is 13.8. The molecule has 1 aliphatic heterocycles. The second-order valence-electron chi connectivity index (χ2n) is 5.73. The number of rotatable bonds is 4. The van der Waals surface area contributed by atoms with E-state index < -0.39 is 12.2 Å². The van der Waals surface area contributed by atoms with Gasteiger partial charge in [-0.25, -0.2) is 0 Å². The highest BCUT2D eigenvalue weighted by atomic mass is 79.9. The van der Waals surface area contributed by atoms with Crippen LogP contribution in [0.25, 0.3) is 10.9 Å². The van der Waals surface area contributed by atoms with E-state index in [-0.39, 0.29) is 23.8 Å². The Morgan fingerprint density at radius 3 is 2.75 bits per heavy atom. The minimum absolute atomic E-state index is 0.101. The van der Waals surface area contributed by atoms with Gasteiger partial charge in [-0.05, 0) is 40.2 Å². The molecule has 4 rings (SSSR count). The Hall–Kier alpha value is -2.46. The van der Waals surface area contributed by atoms with Crippen molar-refractivity contribution in [3.63, 3.8) is 0 Å². The maximum Gasteiger partial charge on any atom is 0.586 e. The lowest BCUT2D eigenvalue weighted by Crippen LogP contribution is -2.25. The first kappa shape index (κ1) is 18.9. The summed E-state index contributed by atoms with van der Waals surface area (Å²) in [4.78, 5) is 16.5. The fraction of sp³-hybridized carbons (Fsp3) is 0.111. The molecule has 0 atom stereocenters. The molecule has 1 aromatic heterocycles. The maximum atomic E-state index is 13.1. The van der Waals surface area contributed by atoms with Gasteiger partial charge >= 0.3 is 6.29 Å². The fourth-order valence-corrected chi connectivity index (χ4v) is 4.03. The van der Waals surface area contributed by atoms with Gasteiger partial charge in [0, 0.05) is 27.8 Å². The van der Waals surface area contributed by atoms with Crippen LogP contribution in [0.15, 0.2) is 51.5 Å².